The number of carboxylic acids is 1. The molecular formula is C14H17NO4S. The van der Waals surface area contributed by atoms with Crippen LogP contribution in [-0.4, -0.2) is 39.1 Å². The molecule has 1 aromatic carbocycles. The third-order valence-electron chi connectivity index (χ3n) is 3.21. The molecule has 1 saturated heterocycles. The van der Waals surface area contributed by atoms with E-state index in [2.05, 4.69) is 5.32 Å². The van der Waals surface area contributed by atoms with E-state index in [0.29, 0.717) is 0 Å². The van der Waals surface area contributed by atoms with Crippen LogP contribution in [0.25, 0.3) is 0 Å². The number of phenolic OH excluding ortho intramolecular Hbond substituents is 1. The van der Waals surface area contributed by atoms with Crippen LogP contribution in [0, 0.1) is 0 Å². The Labute approximate surface area is 121 Å². The number of thioether (sulfide) groups is 1. The van der Waals surface area contributed by atoms with Crippen molar-refractivity contribution in [3.05, 3.63) is 29.8 Å². The molecule has 0 aliphatic carbocycles. The number of benzene rings is 1. The third-order valence-corrected chi connectivity index (χ3v) is 4.59. The maximum absolute atomic E-state index is 12.0. The molecule has 5 nitrogen and oxygen atoms in total. The largest absolute Gasteiger partial charge is 0.508 e. The highest BCUT2D eigenvalue weighted by molar-refractivity contribution is 8.00. The molecule has 1 unspecified atom stereocenters. The van der Waals surface area contributed by atoms with Gasteiger partial charge in [-0.2, -0.15) is 0 Å². The molecule has 0 aromatic heterocycles. The van der Waals surface area contributed by atoms with Crippen LogP contribution in [0.4, 0.5) is 0 Å². The Morgan fingerprint density at radius 1 is 1.35 bits per heavy atom. The smallest absolute Gasteiger partial charge is 0.326 e. The van der Waals surface area contributed by atoms with Crippen molar-refractivity contribution in [1.82, 2.24) is 5.32 Å². The number of rotatable bonds is 5. The molecule has 1 aliphatic heterocycles. The molecule has 1 fully saturated rings. The van der Waals surface area contributed by atoms with E-state index in [4.69, 9.17) is 0 Å². The molecule has 1 amide bonds. The van der Waals surface area contributed by atoms with Gasteiger partial charge in [0.15, 0.2) is 0 Å². The van der Waals surface area contributed by atoms with Crippen molar-refractivity contribution < 1.29 is 19.8 Å². The summed E-state index contributed by atoms with van der Waals surface area (Å²) in [6.45, 7) is 0. The van der Waals surface area contributed by atoms with Gasteiger partial charge < -0.3 is 15.5 Å². The van der Waals surface area contributed by atoms with E-state index in [1.165, 1.54) is 12.1 Å². The summed E-state index contributed by atoms with van der Waals surface area (Å²) in [5.41, 5.74) is 0.759. The van der Waals surface area contributed by atoms with Crippen molar-refractivity contribution in [3.63, 3.8) is 0 Å². The molecule has 0 saturated carbocycles. The number of carbonyl (C=O) groups is 2. The molecule has 2 atom stereocenters. The first-order chi connectivity index (χ1) is 9.56. The standard InChI is InChI=1S/C14H17NO4S/c16-10-5-3-9(4-6-10)8-11(14(18)19)15-13(17)12-2-1-7-20-12/h3-6,11-12,16H,1-2,7-8H2,(H,15,17)(H,18,19)/t11-,12?/m0/s1. The average molecular weight is 295 g/mol. The molecule has 1 aromatic rings. The van der Waals surface area contributed by atoms with Crippen molar-refractivity contribution in [1.29, 1.82) is 0 Å². The first-order valence-electron chi connectivity index (χ1n) is 6.49. The summed E-state index contributed by atoms with van der Waals surface area (Å²) in [6.07, 6.45) is 2.01. The molecule has 108 valence electrons. The first kappa shape index (κ1) is 14.7. The summed E-state index contributed by atoms with van der Waals surface area (Å²) in [4.78, 5) is 23.2. The van der Waals surface area contributed by atoms with Gasteiger partial charge in [-0.3, -0.25) is 4.79 Å². The van der Waals surface area contributed by atoms with E-state index < -0.39 is 12.0 Å². The van der Waals surface area contributed by atoms with Gasteiger partial charge in [0.2, 0.25) is 5.91 Å². The van der Waals surface area contributed by atoms with Gasteiger partial charge in [0.25, 0.3) is 0 Å². The zero-order chi connectivity index (χ0) is 14.5. The number of hydrogen-bond acceptors (Lipinski definition) is 4. The number of amides is 1. The van der Waals surface area contributed by atoms with E-state index >= 15 is 0 Å². The molecule has 2 rings (SSSR count). The summed E-state index contributed by atoms with van der Waals surface area (Å²) in [5, 5.41) is 20.9. The Morgan fingerprint density at radius 3 is 2.60 bits per heavy atom. The number of aromatic hydroxyl groups is 1. The minimum Gasteiger partial charge on any atom is -0.508 e. The number of carboxylic acid groups (broad SMARTS) is 1. The topological polar surface area (TPSA) is 86.6 Å². The highest BCUT2D eigenvalue weighted by Crippen LogP contribution is 2.26. The quantitative estimate of drug-likeness (QED) is 0.764. The van der Waals surface area contributed by atoms with Crippen LogP contribution < -0.4 is 5.32 Å². The predicted octanol–water partition coefficient (Wildman–Crippen LogP) is 1.40. The van der Waals surface area contributed by atoms with Gasteiger partial charge >= 0.3 is 5.97 Å². The van der Waals surface area contributed by atoms with Crippen LogP contribution in [0.3, 0.4) is 0 Å². The van der Waals surface area contributed by atoms with Crippen molar-refractivity contribution >= 4 is 23.6 Å². The lowest BCUT2D eigenvalue weighted by molar-refractivity contribution is -0.141. The lowest BCUT2D eigenvalue weighted by Crippen LogP contribution is -2.45. The van der Waals surface area contributed by atoms with Crippen LogP contribution in [0.15, 0.2) is 24.3 Å². The lowest BCUT2D eigenvalue weighted by atomic mass is 10.1. The van der Waals surface area contributed by atoms with Gasteiger partial charge in [-0.05, 0) is 36.3 Å². The number of aliphatic carboxylic acids is 1. The number of carbonyl (C=O) groups excluding carboxylic acids is 1. The summed E-state index contributed by atoms with van der Waals surface area (Å²) in [7, 11) is 0. The Bertz CT molecular complexity index is 482. The zero-order valence-electron chi connectivity index (χ0n) is 10.9. The van der Waals surface area contributed by atoms with Gasteiger partial charge in [-0.25, -0.2) is 4.79 Å². The van der Waals surface area contributed by atoms with Crippen LogP contribution in [0.1, 0.15) is 18.4 Å². The van der Waals surface area contributed by atoms with Gasteiger partial charge in [0.1, 0.15) is 11.8 Å². The summed E-state index contributed by atoms with van der Waals surface area (Å²) in [6, 6.07) is 5.38. The highest BCUT2D eigenvalue weighted by atomic mass is 32.2. The van der Waals surface area contributed by atoms with E-state index in [9.17, 15) is 19.8 Å². The molecule has 20 heavy (non-hydrogen) atoms. The number of nitrogens with one attached hydrogen (secondary N) is 1. The average Bonchev–Trinajstić information content (AvgIpc) is 2.94. The molecule has 1 heterocycles. The Morgan fingerprint density at radius 2 is 2.05 bits per heavy atom. The Hall–Kier alpha value is -1.69. The lowest BCUT2D eigenvalue weighted by Gasteiger charge is -2.17. The van der Waals surface area contributed by atoms with Crippen molar-refractivity contribution in [2.75, 3.05) is 5.75 Å². The minimum atomic E-state index is -1.05. The SMILES string of the molecule is O=C(N[C@@H](Cc1ccc(O)cc1)C(=O)O)C1CCCS1. The van der Waals surface area contributed by atoms with Crippen LogP contribution >= 0.6 is 11.8 Å². The van der Waals surface area contributed by atoms with E-state index in [0.717, 1.165) is 24.2 Å². The summed E-state index contributed by atoms with van der Waals surface area (Å²) < 4.78 is 0. The van der Waals surface area contributed by atoms with Gasteiger partial charge in [0.05, 0.1) is 5.25 Å². The van der Waals surface area contributed by atoms with Crippen molar-refractivity contribution in [2.45, 2.75) is 30.6 Å². The van der Waals surface area contributed by atoms with Crippen LogP contribution in [-0.2, 0) is 16.0 Å². The van der Waals surface area contributed by atoms with Crippen molar-refractivity contribution in [3.8, 4) is 5.75 Å². The van der Waals surface area contributed by atoms with E-state index in [1.54, 1.807) is 23.9 Å². The number of phenols is 1. The summed E-state index contributed by atoms with van der Waals surface area (Å²) in [5.74, 6) is -0.159. The van der Waals surface area contributed by atoms with Gasteiger partial charge in [-0.1, -0.05) is 12.1 Å². The predicted molar refractivity (Wildman–Crippen MR) is 76.9 cm³/mol. The third kappa shape index (κ3) is 3.90. The van der Waals surface area contributed by atoms with Crippen LogP contribution in [0.5, 0.6) is 5.75 Å². The van der Waals surface area contributed by atoms with Crippen molar-refractivity contribution in [2.24, 2.45) is 0 Å². The molecule has 0 bridgehead atoms. The normalized spacial score (nSPS) is 19.5. The fourth-order valence-electron chi connectivity index (χ4n) is 2.12. The number of hydrogen-bond donors (Lipinski definition) is 3. The monoisotopic (exact) mass is 295 g/mol. The van der Waals surface area contributed by atoms with Gasteiger partial charge in [0, 0.05) is 6.42 Å². The Balaban J connectivity index is 1.98. The second-order valence-corrected chi connectivity index (χ2v) is 6.08. The van der Waals surface area contributed by atoms with E-state index in [-0.39, 0.29) is 23.3 Å². The first-order valence-corrected chi connectivity index (χ1v) is 7.54. The maximum atomic E-state index is 12.0. The van der Waals surface area contributed by atoms with Gasteiger partial charge in [-0.15, -0.1) is 11.8 Å². The van der Waals surface area contributed by atoms with E-state index in [1.807, 2.05) is 0 Å². The molecule has 3 N–H and O–H groups in total. The summed E-state index contributed by atoms with van der Waals surface area (Å²) >= 11 is 1.57. The fraction of sp³-hybridized carbons (Fsp3) is 0.429. The second-order valence-electron chi connectivity index (χ2n) is 4.77. The fourth-order valence-corrected chi connectivity index (χ4v) is 3.29. The zero-order valence-corrected chi connectivity index (χ0v) is 11.7. The maximum Gasteiger partial charge on any atom is 0.326 e. The molecule has 0 radical (unpaired) electrons. The highest BCUT2D eigenvalue weighted by Gasteiger charge is 2.27. The minimum absolute atomic E-state index is 0.128. The second kappa shape index (κ2) is 6.65. The van der Waals surface area contributed by atoms with Crippen LogP contribution in [0.2, 0.25) is 0 Å². The molecule has 1 aliphatic rings. The molecule has 6 heteroatoms. The molecular weight excluding hydrogens is 278 g/mol. The molecule has 0 spiro atoms. The Kier molecular flexibility index (Phi) is 4.89.